The maximum atomic E-state index is 12.1. The summed E-state index contributed by atoms with van der Waals surface area (Å²) in [6.07, 6.45) is -4.17. The van der Waals surface area contributed by atoms with Crippen LogP contribution in [0.25, 0.3) is 0 Å². The average Bonchev–Trinajstić information content (AvgIpc) is 2.16. The van der Waals surface area contributed by atoms with E-state index in [2.05, 4.69) is 4.74 Å². The lowest BCUT2D eigenvalue weighted by molar-refractivity contribution is -0.275. The fourth-order valence-electron chi connectivity index (χ4n) is 1.28. The van der Waals surface area contributed by atoms with E-state index in [-0.39, 0.29) is 11.3 Å². The van der Waals surface area contributed by atoms with Crippen molar-refractivity contribution in [2.24, 2.45) is 0 Å². The molecule has 5 heteroatoms. The number of rotatable bonds is 3. The first kappa shape index (κ1) is 12.5. The molecule has 0 amide bonds. The molecule has 0 bridgehead atoms. The van der Waals surface area contributed by atoms with E-state index >= 15 is 0 Å². The van der Waals surface area contributed by atoms with Crippen molar-refractivity contribution >= 4 is 6.29 Å². The first-order valence-corrected chi connectivity index (χ1v) is 4.58. The minimum atomic E-state index is -4.75. The second kappa shape index (κ2) is 4.15. The molecule has 0 radical (unpaired) electrons. The number of halogens is 3. The molecule has 0 spiro atoms. The third kappa shape index (κ3) is 2.98. The van der Waals surface area contributed by atoms with Crippen molar-refractivity contribution in [2.75, 3.05) is 0 Å². The van der Waals surface area contributed by atoms with Crippen LogP contribution < -0.4 is 4.74 Å². The van der Waals surface area contributed by atoms with Crippen molar-refractivity contribution in [3.8, 4) is 5.75 Å². The fraction of sp³-hybridized carbons (Fsp3) is 0.364. The van der Waals surface area contributed by atoms with Crippen LogP contribution in [0.15, 0.2) is 24.3 Å². The summed E-state index contributed by atoms with van der Waals surface area (Å²) in [6.45, 7) is 3.05. The summed E-state index contributed by atoms with van der Waals surface area (Å²) in [6, 6.07) is 5.61. The quantitative estimate of drug-likeness (QED) is 0.748. The maximum Gasteiger partial charge on any atom is 0.573 e. The van der Waals surface area contributed by atoms with Crippen LogP contribution in [-0.2, 0) is 10.2 Å². The Balaban J connectivity index is 3.15. The smallest absolute Gasteiger partial charge is 0.405 e. The minimum Gasteiger partial charge on any atom is -0.405 e. The summed E-state index contributed by atoms with van der Waals surface area (Å²) in [4.78, 5) is 10.8. The highest BCUT2D eigenvalue weighted by molar-refractivity contribution is 5.69. The highest BCUT2D eigenvalue weighted by atomic mass is 19.4. The predicted molar refractivity (Wildman–Crippen MR) is 52.2 cm³/mol. The van der Waals surface area contributed by atoms with E-state index in [1.54, 1.807) is 6.07 Å². The number of hydrogen-bond acceptors (Lipinski definition) is 2. The topological polar surface area (TPSA) is 26.3 Å². The summed E-state index contributed by atoms with van der Waals surface area (Å²) in [5.41, 5.74) is -0.802. The lowest BCUT2D eigenvalue weighted by Crippen LogP contribution is -2.24. The van der Waals surface area contributed by atoms with Crippen LogP contribution in [0.5, 0.6) is 5.75 Å². The Morgan fingerprint density at radius 3 is 2.25 bits per heavy atom. The van der Waals surface area contributed by atoms with Crippen LogP contribution in [0.2, 0.25) is 0 Å². The summed E-state index contributed by atoms with van der Waals surface area (Å²) in [5, 5.41) is 0. The van der Waals surface area contributed by atoms with Gasteiger partial charge in [-0.3, -0.25) is 0 Å². The Kier molecular flexibility index (Phi) is 3.26. The van der Waals surface area contributed by atoms with Gasteiger partial charge in [-0.1, -0.05) is 18.2 Å². The number of hydrogen-bond donors (Lipinski definition) is 0. The molecule has 0 atom stereocenters. The van der Waals surface area contributed by atoms with E-state index in [0.29, 0.717) is 6.29 Å². The number of ether oxygens (including phenoxy) is 1. The molecule has 0 aliphatic carbocycles. The lowest BCUT2D eigenvalue weighted by Gasteiger charge is -2.21. The average molecular weight is 232 g/mol. The van der Waals surface area contributed by atoms with E-state index in [1.807, 2.05) is 0 Å². The minimum absolute atomic E-state index is 0.210. The van der Waals surface area contributed by atoms with Gasteiger partial charge in [0, 0.05) is 11.0 Å². The molecule has 0 aliphatic rings. The van der Waals surface area contributed by atoms with Gasteiger partial charge in [-0.2, -0.15) is 0 Å². The molecular weight excluding hydrogens is 221 g/mol. The number of alkyl halides is 3. The van der Waals surface area contributed by atoms with Gasteiger partial charge in [0.2, 0.25) is 0 Å². The van der Waals surface area contributed by atoms with Crippen molar-refractivity contribution < 1.29 is 22.7 Å². The van der Waals surface area contributed by atoms with Gasteiger partial charge < -0.3 is 9.53 Å². The Morgan fingerprint density at radius 2 is 1.75 bits per heavy atom. The maximum absolute atomic E-state index is 12.1. The van der Waals surface area contributed by atoms with Crippen LogP contribution in [0.3, 0.4) is 0 Å². The molecule has 0 saturated heterocycles. The number of carbonyl (C=O) groups excluding carboxylic acids is 1. The Labute approximate surface area is 91.0 Å². The van der Waals surface area contributed by atoms with E-state index in [1.165, 1.54) is 32.0 Å². The first-order chi connectivity index (χ1) is 7.26. The second-order valence-electron chi connectivity index (χ2n) is 3.88. The molecule has 1 aromatic carbocycles. The molecule has 2 nitrogen and oxygen atoms in total. The molecule has 1 aromatic rings. The van der Waals surface area contributed by atoms with Gasteiger partial charge in [0.25, 0.3) is 0 Å². The van der Waals surface area contributed by atoms with E-state index in [9.17, 15) is 18.0 Å². The zero-order valence-electron chi connectivity index (χ0n) is 8.84. The molecule has 1 rings (SSSR count). The van der Waals surface area contributed by atoms with Gasteiger partial charge in [-0.05, 0) is 19.9 Å². The van der Waals surface area contributed by atoms with Crippen molar-refractivity contribution in [2.45, 2.75) is 25.6 Å². The largest absolute Gasteiger partial charge is 0.573 e. The lowest BCUT2D eigenvalue weighted by atomic mass is 9.86. The predicted octanol–water partition coefficient (Wildman–Crippen LogP) is 3.06. The highest BCUT2D eigenvalue weighted by Gasteiger charge is 2.34. The normalized spacial score (nSPS) is 12.3. The van der Waals surface area contributed by atoms with Crippen molar-refractivity contribution in [1.29, 1.82) is 0 Å². The molecule has 0 N–H and O–H groups in total. The van der Waals surface area contributed by atoms with Crippen LogP contribution in [0, 0.1) is 0 Å². The van der Waals surface area contributed by atoms with Crippen molar-refractivity contribution in [3.63, 3.8) is 0 Å². The van der Waals surface area contributed by atoms with Crippen LogP contribution in [0.4, 0.5) is 13.2 Å². The van der Waals surface area contributed by atoms with Crippen LogP contribution >= 0.6 is 0 Å². The van der Waals surface area contributed by atoms with Gasteiger partial charge in [0.15, 0.2) is 0 Å². The molecular formula is C11H11F3O2. The molecule has 16 heavy (non-hydrogen) atoms. The monoisotopic (exact) mass is 232 g/mol. The van der Waals surface area contributed by atoms with Crippen molar-refractivity contribution in [3.05, 3.63) is 29.8 Å². The zero-order chi connectivity index (χ0) is 12.4. The van der Waals surface area contributed by atoms with Crippen molar-refractivity contribution in [1.82, 2.24) is 0 Å². The van der Waals surface area contributed by atoms with Crippen LogP contribution in [0.1, 0.15) is 19.4 Å². The highest BCUT2D eigenvalue weighted by Crippen LogP contribution is 2.33. The SMILES string of the molecule is CC(C)(C=O)c1ccccc1OC(F)(F)F. The Morgan fingerprint density at radius 1 is 1.19 bits per heavy atom. The second-order valence-corrected chi connectivity index (χ2v) is 3.88. The zero-order valence-corrected chi connectivity index (χ0v) is 8.84. The molecule has 0 aromatic heterocycles. The van der Waals surface area contributed by atoms with E-state index in [0.717, 1.165) is 0 Å². The fourth-order valence-corrected chi connectivity index (χ4v) is 1.28. The molecule has 0 fully saturated rings. The summed E-state index contributed by atoms with van der Waals surface area (Å²) in [5.74, 6) is -0.341. The standard InChI is InChI=1S/C11H11F3O2/c1-10(2,7-15)8-5-3-4-6-9(8)16-11(12,13)14/h3-7H,1-2H3. The third-order valence-electron chi connectivity index (χ3n) is 2.10. The van der Waals surface area contributed by atoms with Gasteiger partial charge in [-0.15, -0.1) is 13.2 Å². The number of benzene rings is 1. The van der Waals surface area contributed by atoms with Gasteiger partial charge in [0.1, 0.15) is 12.0 Å². The van der Waals surface area contributed by atoms with E-state index < -0.39 is 11.8 Å². The first-order valence-electron chi connectivity index (χ1n) is 4.58. The summed E-state index contributed by atoms with van der Waals surface area (Å²) < 4.78 is 40.2. The molecule has 88 valence electrons. The molecule has 0 unspecified atom stereocenters. The van der Waals surface area contributed by atoms with Gasteiger partial charge in [-0.25, -0.2) is 0 Å². The number of carbonyl (C=O) groups is 1. The third-order valence-corrected chi connectivity index (χ3v) is 2.10. The number of para-hydroxylation sites is 1. The molecule has 0 saturated carbocycles. The molecule has 0 aliphatic heterocycles. The van der Waals surface area contributed by atoms with Gasteiger partial charge >= 0.3 is 6.36 Å². The van der Waals surface area contributed by atoms with Crippen LogP contribution in [-0.4, -0.2) is 12.6 Å². The molecule has 0 heterocycles. The summed E-state index contributed by atoms with van der Waals surface area (Å²) in [7, 11) is 0. The van der Waals surface area contributed by atoms with E-state index in [4.69, 9.17) is 0 Å². The number of aldehydes is 1. The Bertz CT molecular complexity index is 383. The van der Waals surface area contributed by atoms with Gasteiger partial charge in [0.05, 0.1) is 0 Å². The summed E-state index contributed by atoms with van der Waals surface area (Å²) >= 11 is 0. The Hall–Kier alpha value is -1.52.